The highest BCUT2D eigenvalue weighted by Crippen LogP contribution is 2.27. The molecule has 0 unspecified atom stereocenters. The molecule has 35 heavy (non-hydrogen) atoms. The van der Waals surface area contributed by atoms with Crippen LogP contribution < -0.4 is 15.0 Å². The van der Waals surface area contributed by atoms with Crippen LogP contribution in [-0.4, -0.2) is 42.6 Å². The number of aryl methyl sites for hydroxylation is 1. The molecular formula is C26H23N3O6. The first-order valence-electron chi connectivity index (χ1n) is 10.7. The number of imide groups is 2. The number of nitrogens with zero attached hydrogens (tertiary/aromatic N) is 2. The molecule has 1 aliphatic rings. The molecule has 1 aliphatic heterocycles. The minimum absolute atomic E-state index is 0.165. The topological polar surface area (TPSA) is 107 Å². The third-order valence-electron chi connectivity index (χ3n) is 5.75. The minimum Gasteiger partial charge on any atom is -0.497 e. The van der Waals surface area contributed by atoms with E-state index in [9.17, 15) is 19.2 Å². The lowest BCUT2D eigenvalue weighted by molar-refractivity contribution is -0.122. The van der Waals surface area contributed by atoms with Gasteiger partial charge in [0.15, 0.2) is 0 Å². The molecule has 0 aliphatic carbocycles. The molecule has 4 rings (SSSR count). The zero-order chi connectivity index (χ0) is 25.3. The lowest BCUT2D eigenvalue weighted by atomic mass is 10.1. The minimum atomic E-state index is -0.821. The number of esters is 1. The van der Waals surface area contributed by atoms with E-state index in [-0.39, 0.29) is 5.57 Å². The second kappa shape index (κ2) is 9.30. The number of methoxy groups -OCH3 is 2. The SMILES string of the molecule is COC(=O)c1ccc(-n2c(C)cc(C=C3C(=O)NC(=O)N(c4ccc(OC)cc4)C3=O)c2C)cc1. The molecule has 1 N–H and O–H groups in total. The lowest BCUT2D eigenvalue weighted by Gasteiger charge is -2.26. The fourth-order valence-electron chi connectivity index (χ4n) is 3.97. The molecule has 2 heterocycles. The maximum Gasteiger partial charge on any atom is 0.337 e. The Morgan fingerprint density at radius 2 is 1.54 bits per heavy atom. The van der Waals surface area contributed by atoms with Gasteiger partial charge in [0, 0.05) is 17.1 Å². The molecule has 9 nitrogen and oxygen atoms in total. The van der Waals surface area contributed by atoms with E-state index in [2.05, 4.69) is 5.32 Å². The van der Waals surface area contributed by atoms with Crippen LogP contribution in [-0.2, 0) is 14.3 Å². The van der Waals surface area contributed by atoms with E-state index in [1.165, 1.54) is 20.3 Å². The van der Waals surface area contributed by atoms with E-state index in [1.807, 2.05) is 24.5 Å². The Morgan fingerprint density at radius 3 is 2.14 bits per heavy atom. The number of barbiturate groups is 1. The number of hydrogen-bond acceptors (Lipinski definition) is 6. The number of nitrogens with one attached hydrogen (secondary N) is 1. The Labute approximate surface area is 201 Å². The van der Waals surface area contributed by atoms with Gasteiger partial charge in [-0.2, -0.15) is 0 Å². The summed E-state index contributed by atoms with van der Waals surface area (Å²) >= 11 is 0. The Bertz CT molecular complexity index is 1370. The number of amides is 4. The fourth-order valence-corrected chi connectivity index (χ4v) is 3.97. The molecule has 4 amide bonds. The summed E-state index contributed by atoms with van der Waals surface area (Å²) < 4.78 is 11.8. The predicted molar refractivity (Wildman–Crippen MR) is 129 cm³/mol. The van der Waals surface area contributed by atoms with Gasteiger partial charge in [-0.1, -0.05) is 0 Å². The van der Waals surface area contributed by atoms with Crippen molar-refractivity contribution in [3.05, 3.63) is 82.7 Å². The van der Waals surface area contributed by atoms with E-state index in [4.69, 9.17) is 9.47 Å². The van der Waals surface area contributed by atoms with Crippen molar-refractivity contribution in [2.45, 2.75) is 13.8 Å². The van der Waals surface area contributed by atoms with Crippen LogP contribution in [0.15, 0.2) is 60.2 Å². The van der Waals surface area contributed by atoms with Gasteiger partial charge >= 0.3 is 12.0 Å². The van der Waals surface area contributed by atoms with Crippen molar-refractivity contribution in [2.24, 2.45) is 0 Å². The van der Waals surface area contributed by atoms with Crippen LogP contribution in [0, 0.1) is 13.8 Å². The van der Waals surface area contributed by atoms with Crippen LogP contribution >= 0.6 is 0 Å². The monoisotopic (exact) mass is 473 g/mol. The average Bonchev–Trinajstić information content (AvgIpc) is 3.14. The number of aromatic nitrogens is 1. The highest BCUT2D eigenvalue weighted by Gasteiger charge is 2.37. The zero-order valence-corrected chi connectivity index (χ0v) is 19.6. The van der Waals surface area contributed by atoms with Gasteiger partial charge in [-0.3, -0.25) is 14.9 Å². The van der Waals surface area contributed by atoms with E-state index in [1.54, 1.807) is 48.5 Å². The van der Waals surface area contributed by atoms with Gasteiger partial charge in [0.2, 0.25) is 0 Å². The van der Waals surface area contributed by atoms with Crippen LogP contribution in [0.1, 0.15) is 27.3 Å². The summed E-state index contributed by atoms with van der Waals surface area (Å²) in [6, 6.07) is 14.3. The maximum atomic E-state index is 13.2. The Morgan fingerprint density at radius 1 is 0.914 bits per heavy atom. The molecule has 1 saturated heterocycles. The van der Waals surface area contributed by atoms with Crippen molar-refractivity contribution >= 4 is 35.6 Å². The van der Waals surface area contributed by atoms with E-state index in [0.717, 1.165) is 22.0 Å². The summed E-state index contributed by atoms with van der Waals surface area (Å²) in [5.41, 5.74) is 3.63. The van der Waals surface area contributed by atoms with Gasteiger partial charge in [0.1, 0.15) is 11.3 Å². The molecule has 0 atom stereocenters. The molecular weight excluding hydrogens is 450 g/mol. The summed E-state index contributed by atoms with van der Waals surface area (Å²) in [5.74, 6) is -1.36. The second-order valence-corrected chi connectivity index (χ2v) is 7.86. The van der Waals surface area contributed by atoms with Gasteiger partial charge < -0.3 is 14.0 Å². The van der Waals surface area contributed by atoms with Crippen LogP contribution in [0.3, 0.4) is 0 Å². The quantitative estimate of drug-likeness (QED) is 0.345. The van der Waals surface area contributed by atoms with Crippen molar-refractivity contribution in [3.63, 3.8) is 0 Å². The van der Waals surface area contributed by atoms with Crippen molar-refractivity contribution in [3.8, 4) is 11.4 Å². The predicted octanol–water partition coefficient (Wildman–Crippen LogP) is 3.56. The second-order valence-electron chi connectivity index (χ2n) is 7.86. The number of hydrogen-bond donors (Lipinski definition) is 1. The Hall–Kier alpha value is -4.66. The first kappa shape index (κ1) is 23.5. The van der Waals surface area contributed by atoms with Crippen LogP contribution in [0.25, 0.3) is 11.8 Å². The smallest absolute Gasteiger partial charge is 0.337 e. The normalized spacial score (nSPS) is 14.8. The van der Waals surface area contributed by atoms with Crippen LogP contribution in [0.2, 0.25) is 0 Å². The van der Waals surface area contributed by atoms with Gasteiger partial charge in [0.05, 0.1) is 25.5 Å². The number of carbonyl (C=O) groups excluding carboxylic acids is 4. The molecule has 0 bridgehead atoms. The first-order valence-corrected chi connectivity index (χ1v) is 10.7. The molecule has 1 fully saturated rings. The Balaban J connectivity index is 1.70. The van der Waals surface area contributed by atoms with Gasteiger partial charge in [0.25, 0.3) is 11.8 Å². The molecule has 3 aromatic rings. The van der Waals surface area contributed by atoms with Gasteiger partial charge in [-0.15, -0.1) is 0 Å². The lowest BCUT2D eigenvalue weighted by Crippen LogP contribution is -2.54. The molecule has 0 spiro atoms. The third-order valence-corrected chi connectivity index (χ3v) is 5.75. The molecule has 1 aromatic heterocycles. The standard InChI is InChI=1S/C26H23N3O6/c1-15-13-18(16(2)28(15)19-7-5-17(6-8-19)25(32)35-4)14-22-23(30)27-26(33)29(24(22)31)20-9-11-21(34-3)12-10-20/h5-14H,1-4H3,(H,27,30,33). The molecule has 178 valence electrons. The summed E-state index contributed by atoms with van der Waals surface area (Å²) in [7, 11) is 2.83. The summed E-state index contributed by atoms with van der Waals surface area (Å²) in [4.78, 5) is 50.9. The van der Waals surface area contributed by atoms with E-state index >= 15 is 0 Å². The fraction of sp³-hybridized carbons (Fsp3) is 0.154. The highest BCUT2D eigenvalue weighted by atomic mass is 16.5. The van der Waals surface area contributed by atoms with Gasteiger partial charge in [-0.25, -0.2) is 14.5 Å². The first-order chi connectivity index (χ1) is 16.7. The van der Waals surface area contributed by atoms with Crippen molar-refractivity contribution in [2.75, 3.05) is 19.1 Å². The molecule has 0 saturated carbocycles. The van der Waals surface area contributed by atoms with Crippen LogP contribution in [0.5, 0.6) is 5.75 Å². The van der Waals surface area contributed by atoms with E-state index < -0.39 is 23.8 Å². The molecule has 0 radical (unpaired) electrons. The number of benzene rings is 2. The number of anilines is 1. The number of ether oxygens (including phenoxy) is 2. The van der Waals surface area contributed by atoms with Crippen molar-refractivity contribution in [1.82, 2.24) is 9.88 Å². The highest BCUT2D eigenvalue weighted by molar-refractivity contribution is 6.39. The third kappa shape index (κ3) is 4.31. The number of rotatable bonds is 5. The molecule has 2 aromatic carbocycles. The largest absolute Gasteiger partial charge is 0.497 e. The summed E-state index contributed by atoms with van der Waals surface area (Å²) in [5, 5.41) is 2.23. The van der Waals surface area contributed by atoms with E-state index in [0.29, 0.717) is 22.6 Å². The maximum absolute atomic E-state index is 13.2. The Kier molecular flexibility index (Phi) is 6.24. The van der Waals surface area contributed by atoms with Crippen LogP contribution in [0.4, 0.5) is 10.5 Å². The van der Waals surface area contributed by atoms with Gasteiger partial charge in [-0.05, 0) is 80.1 Å². The summed E-state index contributed by atoms with van der Waals surface area (Å²) in [6.07, 6.45) is 1.47. The summed E-state index contributed by atoms with van der Waals surface area (Å²) in [6.45, 7) is 3.74. The van der Waals surface area contributed by atoms with Crippen molar-refractivity contribution in [1.29, 1.82) is 0 Å². The number of urea groups is 1. The average molecular weight is 473 g/mol. The zero-order valence-electron chi connectivity index (χ0n) is 19.6. The molecule has 9 heteroatoms. The van der Waals surface area contributed by atoms with Crippen molar-refractivity contribution < 1.29 is 28.7 Å². The number of carbonyl (C=O) groups is 4.